The maximum Gasteiger partial charge on any atom is 0.261 e. The third kappa shape index (κ3) is 3.32. The van der Waals surface area contributed by atoms with Crippen LogP contribution in [-0.4, -0.2) is 22.0 Å². The van der Waals surface area contributed by atoms with Gasteiger partial charge in [0, 0.05) is 20.0 Å². The fourth-order valence-corrected chi connectivity index (χ4v) is 2.49. The Balaban J connectivity index is 1.98. The number of halogens is 1. The quantitative estimate of drug-likeness (QED) is 0.801. The van der Waals surface area contributed by atoms with Crippen molar-refractivity contribution in [2.75, 3.05) is 6.54 Å². The van der Waals surface area contributed by atoms with Gasteiger partial charge in [-0.15, -0.1) is 0 Å². The smallest absolute Gasteiger partial charge is 0.261 e. The Hall–Kier alpha value is -3.02. The second-order valence-corrected chi connectivity index (χ2v) is 5.46. The Morgan fingerprint density at radius 3 is 2.58 bits per heavy atom. The topological polar surface area (TPSA) is 64.0 Å². The van der Waals surface area contributed by atoms with Crippen molar-refractivity contribution in [3.05, 3.63) is 65.0 Å². The first-order chi connectivity index (χ1) is 11.5. The molecular weight excluding hydrogens is 309 g/mol. The van der Waals surface area contributed by atoms with E-state index in [1.807, 2.05) is 6.07 Å². The van der Waals surface area contributed by atoms with E-state index in [0.717, 1.165) is 11.1 Å². The van der Waals surface area contributed by atoms with Gasteiger partial charge in [0.1, 0.15) is 5.82 Å². The van der Waals surface area contributed by atoms with E-state index < -0.39 is 0 Å². The van der Waals surface area contributed by atoms with Gasteiger partial charge in [-0.05, 0) is 35.4 Å². The molecule has 6 heteroatoms. The second kappa shape index (κ2) is 6.62. The Labute approximate surface area is 137 Å². The predicted octanol–water partition coefficient (Wildman–Crippen LogP) is 2.34. The van der Waals surface area contributed by atoms with Crippen molar-refractivity contribution in [2.45, 2.75) is 13.5 Å². The number of hydrogen-bond acceptors (Lipinski definition) is 3. The number of benzene rings is 2. The highest BCUT2D eigenvalue weighted by Crippen LogP contribution is 2.22. The minimum absolute atomic E-state index is 0.143. The number of amides is 1. The van der Waals surface area contributed by atoms with Crippen molar-refractivity contribution in [1.82, 2.24) is 14.9 Å². The molecule has 0 aliphatic carbocycles. The lowest BCUT2D eigenvalue weighted by molar-refractivity contribution is -0.118. The van der Waals surface area contributed by atoms with E-state index in [-0.39, 0.29) is 17.3 Å². The number of aromatic nitrogens is 2. The predicted molar refractivity (Wildman–Crippen MR) is 90.1 cm³/mol. The van der Waals surface area contributed by atoms with Crippen molar-refractivity contribution >= 4 is 16.8 Å². The standard InChI is InChI=1S/C18H16FN3O2/c1-12(23)20-8-9-22-11-21-17-7-4-14(10-16(17)18(22)24)13-2-5-15(19)6-3-13/h2-7,10-11H,8-9H2,1H3,(H,20,23). The fourth-order valence-electron chi connectivity index (χ4n) is 2.49. The molecule has 3 aromatic rings. The van der Waals surface area contributed by atoms with Gasteiger partial charge in [-0.3, -0.25) is 14.2 Å². The van der Waals surface area contributed by atoms with Crippen LogP contribution in [0.4, 0.5) is 4.39 Å². The lowest BCUT2D eigenvalue weighted by atomic mass is 10.0. The molecule has 24 heavy (non-hydrogen) atoms. The first-order valence-electron chi connectivity index (χ1n) is 7.54. The third-order valence-electron chi connectivity index (χ3n) is 3.73. The second-order valence-electron chi connectivity index (χ2n) is 5.46. The van der Waals surface area contributed by atoms with Crippen LogP contribution in [0.2, 0.25) is 0 Å². The summed E-state index contributed by atoms with van der Waals surface area (Å²) in [5.74, 6) is -0.447. The molecule has 0 fully saturated rings. The maximum atomic E-state index is 13.1. The highest BCUT2D eigenvalue weighted by atomic mass is 19.1. The Bertz CT molecular complexity index is 949. The van der Waals surface area contributed by atoms with Gasteiger partial charge < -0.3 is 5.32 Å². The summed E-state index contributed by atoms with van der Waals surface area (Å²) in [5.41, 5.74) is 2.07. The van der Waals surface area contributed by atoms with Crippen molar-refractivity contribution in [3.8, 4) is 11.1 Å². The van der Waals surface area contributed by atoms with E-state index in [2.05, 4.69) is 10.3 Å². The lowest BCUT2D eigenvalue weighted by Crippen LogP contribution is -2.29. The fraction of sp³-hybridized carbons (Fsp3) is 0.167. The summed E-state index contributed by atoms with van der Waals surface area (Å²) < 4.78 is 14.5. The number of rotatable bonds is 4. The van der Waals surface area contributed by atoms with Gasteiger partial charge in [-0.2, -0.15) is 0 Å². The van der Waals surface area contributed by atoms with Gasteiger partial charge in [0.05, 0.1) is 17.2 Å². The minimum atomic E-state index is -0.304. The molecule has 0 unspecified atom stereocenters. The average Bonchev–Trinajstić information content (AvgIpc) is 2.57. The van der Waals surface area contributed by atoms with Crippen molar-refractivity contribution < 1.29 is 9.18 Å². The van der Waals surface area contributed by atoms with E-state index in [4.69, 9.17) is 0 Å². The van der Waals surface area contributed by atoms with Crippen molar-refractivity contribution in [2.24, 2.45) is 0 Å². The van der Waals surface area contributed by atoms with Crippen LogP contribution in [0.15, 0.2) is 53.6 Å². The summed E-state index contributed by atoms with van der Waals surface area (Å²) in [6.07, 6.45) is 1.48. The number of nitrogens with zero attached hydrogens (tertiary/aromatic N) is 2. The Kier molecular flexibility index (Phi) is 4.37. The van der Waals surface area contributed by atoms with Gasteiger partial charge in [-0.25, -0.2) is 9.37 Å². The SMILES string of the molecule is CC(=O)NCCn1cnc2ccc(-c3ccc(F)cc3)cc2c1=O. The van der Waals surface area contributed by atoms with Crippen LogP contribution >= 0.6 is 0 Å². The summed E-state index contributed by atoms with van der Waals surface area (Å²) in [4.78, 5) is 27.8. The van der Waals surface area contributed by atoms with Gasteiger partial charge in [0.25, 0.3) is 5.56 Å². The van der Waals surface area contributed by atoms with Gasteiger partial charge >= 0.3 is 0 Å². The normalized spacial score (nSPS) is 10.8. The monoisotopic (exact) mass is 325 g/mol. The molecule has 0 bridgehead atoms. The van der Waals surface area contributed by atoms with E-state index in [1.165, 1.54) is 30.0 Å². The zero-order chi connectivity index (χ0) is 17.1. The van der Waals surface area contributed by atoms with E-state index in [9.17, 15) is 14.0 Å². The molecule has 3 rings (SSSR count). The first-order valence-corrected chi connectivity index (χ1v) is 7.54. The molecule has 122 valence electrons. The first kappa shape index (κ1) is 15.9. The van der Waals surface area contributed by atoms with Gasteiger partial charge in [0.15, 0.2) is 0 Å². The number of hydrogen-bond donors (Lipinski definition) is 1. The number of fused-ring (bicyclic) bond motifs is 1. The van der Waals surface area contributed by atoms with E-state index in [1.54, 1.807) is 24.3 Å². The lowest BCUT2D eigenvalue weighted by Gasteiger charge is -2.08. The molecule has 0 spiro atoms. The summed E-state index contributed by atoms with van der Waals surface area (Å²) in [7, 11) is 0. The summed E-state index contributed by atoms with van der Waals surface area (Å²) >= 11 is 0. The number of nitrogens with one attached hydrogen (secondary N) is 1. The van der Waals surface area contributed by atoms with Crippen molar-refractivity contribution in [3.63, 3.8) is 0 Å². The molecule has 0 saturated heterocycles. The molecule has 0 aliphatic rings. The van der Waals surface area contributed by atoms with Gasteiger partial charge in [-0.1, -0.05) is 18.2 Å². The molecule has 0 radical (unpaired) electrons. The molecule has 1 N–H and O–H groups in total. The summed E-state index contributed by atoms with van der Waals surface area (Å²) in [6.45, 7) is 2.14. The largest absolute Gasteiger partial charge is 0.355 e. The molecule has 1 heterocycles. The molecule has 1 aromatic heterocycles. The summed E-state index contributed by atoms with van der Waals surface area (Å²) in [5, 5.41) is 3.14. The molecule has 0 atom stereocenters. The van der Waals surface area contributed by atoms with Crippen LogP contribution in [0.25, 0.3) is 22.0 Å². The van der Waals surface area contributed by atoms with Crippen LogP contribution in [0.3, 0.4) is 0 Å². The highest BCUT2D eigenvalue weighted by Gasteiger charge is 2.07. The average molecular weight is 325 g/mol. The molecule has 5 nitrogen and oxygen atoms in total. The third-order valence-corrected chi connectivity index (χ3v) is 3.73. The minimum Gasteiger partial charge on any atom is -0.355 e. The molecule has 0 saturated carbocycles. The van der Waals surface area contributed by atoms with Crippen LogP contribution in [0.1, 0.15) is 6.92 Å². The number of carbonyl (C=O) groups is 1. The molecule has 1 amide bonds. The van der Waals surface area contributed by atoms with E-state index in [0.29, 0.717) is 24.0 Å². The zero-order valence-corrected chi connectivity index (χ0v) is 13.1. The summed E-state index contributed by atoms with van der Waals surface area (Å²) in [6, 6.07) is 11.5. The maximum absolute atomic E-state index is 13.1. The Morgan fingerprint density at radius 1 is 1.17 bits per heavy atom. The highest BCUT2D eigenvalue weighted by molar-refractivity contribution is 5.83. The van der Waals surface area contributed by atoms with Crippen molar-refractivity contribution in [1.29, 1.82) is 0 Å². The van der Waals surface area contributed by atoms with Crippen LogP contribution in [-0.2, 0) is 11.3 Å². The van der Waals surface area contributed by atoms with Gasteiger partial charge in [0.2, 0.25) is 5.91 Å². The molecule has 0 aliphatic heterocycles. The zero-order valence-electron chi connectivity index (χ0n) is 13.1. The van der Waals surface area contributed by atoms with Crippen LogP contribution < -0.4 is 10.9 Å². The number of carbonyl (C=O) groups excluding carboxylic acids is 1. The molecule has 2 aromatic carbocycles. The molecular formula is C18H16FN3O2. The van der Waals surface area contributed by atoms with Crippen LogP contribution in [0.5, 0.6) is 0 Å². The van der Waals surface area contributed by atoms with Crippen LogP contribution in [0, 0.1) is 5.82 Å². The Morgan fingerprint density at radius 2 is 1.88 bits per heavy atom. The van der Waals surface area contributed by atoms with E-state index >= 15 is 0 Å².